The Labute approximate surface area is 202 Å². The third kappa shape index (κ3) is 6.80. The van der Waals surface area contributed by atoms with E-state index < -0.39 is 5.91 Å². The summed E-state index contributed by atoms with van der Waals surface area (Å²) in [5.74, 6) is 1.45. The van der Waals surface area contributed by atoms with E-state index >= 15 is 0 Å². The second-order valence-electron chi connectivity index (χ2n) is 7.65. The summed E-state index contributed by atoms with van der Waals surface area (Å²) in [5.41, 5.74) is 1.67. The molecule has 0 atom stereocenters. The summed E-state index contributed by atoms with van der Waals surface area (Å²) in [6.07, 6.45) is 1.48. The van der Waals surface area contributed by atoms with Gasteiger partial charge in [0.15, 0.2) is 11.5 Å². The number of benzene rings is 2. The van der Waals surface area contributed by atoms with E-state index in [1.807, 2.05) is 51.1 Å². The zero-order valence-electron chi connectivity index (χ0n) is 19.5. The highest BCUT2D eigenvalue weighted by Crippen LogP contribution is 2.29. The van der Waals surface area contributed by atoms with Gasteiger partial charge in [-0.05, 0) is 48.4 Å². The van der Waals surface area contributed by atoms with Gasteiger partial charge in [-0.2, -0.15) is 5.26 Å². The Balaban J connectivity index is 1.63. The lowest BCUT2D eigenvalue weighted by Gasteiger charge is -2.12. The Kier molecular flexibility index (Phi) is 8.60. The fourth-order valence-corrected chi connectivity index (χ4v) is 3.65. The SMILES string of the molecule is COc1cc(/C=C(/C#N)C(=O)Nc2nnc(C(C)C)s2)ccc1OCCOc1cccc(C)c1. The van der Waals surface area contributed by atoms with Crippen molar-refractivity contribution in [1.29, 1.82) is 5.26 Å². The van der Waals surface area contributed by atoms with Crippen LogP contribution in [0.2, 0.25) is 0 Å². The molecule has 2 aromatic carbocycles. The number of hydrogen-bond donors (Lipinski definition) is 1. The van der Waals surface area contributed by atoms with Crippen molar-refractivity contribution in [1.82, 2.24) is 10.2 Å². The summed E-state index contributed by atoms with van der Waals surface area (Å²) >= 11 is 1.28. The van der Waals surface area contributed by atoms with E-state index in [1.54, 1.807) is 18.2 Å². The van der Waals surface area contributed by atoms with Crippen molar-refractivity contribution in [2.45, 2.75) is 26.7 Å². The number of anilines is 1. The van der Waals surface area contributed by atoms with Crippen molar-refractivity contribution in [2.75, 3.05) is 25.6 Å². The number of aromatic nitrogens is 2. The molecule has 8 nitrogen and oxygen atoms in total. The zero-order chi connectivity index (χ0) is 24.5. The molecule has 9 heteroatoms. The van der Waals surface area contributed by atoms with Crippen molar-refractivity contribution in [3.05, 3.63) is 64.2 Å². The fraction of sp³-hybridized carbons (Fsp3) is 0.280. The Hall–Kier alpha value is -3.90. The lowest BCUT2D eigenvalue weighted by Crippen LogP contribution is -2.13. The average molecular weight is 479 g/mol. The summed E-state index contributed by atoms with van der Waals surface area (Å²) in [6.45, 7) is 6.68. The number of nitrogens with zero attached hydrogens (tertiary/aromatic N) is 3. The second-order valence-corrected chi connectivity index (χ2v) is 8.66. The molecular formula is C25H26N4O4S. The first-order chi connectivity index (χ1) is 16.4. The van der Waals surface area contributed by atoms with Gasteiger partial charge in [-0.15, -0.1) is 10.2 Å². The van der Waals surface area contributed by atoms with Crippen molar-refractivity contribution in [3.63, 3.8) is 0 Å². The minimum atomic E-state index is -0.554. The topological polar surface area (TPSA) is 106 Å². The molecule has 0 radical (unpaired) electrons. The summed E-state index contributed by atoms with van der Waals surface area (Å²) in [4.78, 5) is 12.5. The quantitative estimate of drug-likeness (QED) is 0.249. The standard InChI is InChI=1S/C25H26N4O4S/c1-16(2)24-28-29-25(34-24)27-23(30)19(15-26)13-18-8-9-21(22(14-18)31-4)33-11-10-32-20-7-5-6-17(3)12-20/h5-9,12-14,16H,10-11H2,1-4H3,(H,27,29,30)/b19-13-. The first-order valence-electron chi connectivity index (χ1n) is 10.7. The third-order valence-corrected chi connectivity index (χ3v) is 5.76. The molecule has 0 saturated carbocycles. The van der Waals surface area contributed by atoms with Gasteiger partial charge in [0, 0.05) is 5.92 Å². The number of rotatable bonds is 10. The van der Waals surface area contributed by atoms with Crippen LogP contribution in [0.25, 0.3) is 6.08 Å². The maximum Gasteiger partial charge on any atom is 0.268 e. The summed E-state index contributed by atoms with van der Waals surface area (Å²) in [7, 11) is 1.53. The normalized spacial score (nSPS) is 11.1. The lowest BCUT2D eigenvalue weighted by atomic mass is 10.1. The second kappa shape index (κ2) is 11.8. The Morgan fingerprint density at radius 3 is 2.62 bits per heavy atom. The molecule has 3 aromatic rings. The molecule has 0 fully saturated rings. The molecule has 1 amide bonds. The number of nitriles is 1. The van der Waals surface area contributed by atoms with Gasteiger partial charge in [-0.1, -0.05) is 43.4 Å². The van der Waals surface area contributed by atoms with Crippen LogP contribution in [0.5, 0.6) is 17.2 Å². The molecule has 3 rings (SSSR count). The molecule has 176 valence electrons. The van der Waals surface area contributed by atoms with Crippen LogP contribution in [0.15, 0.2) is 48.0 Å². The number of hydrogen-bond acceptors (Lipinski definition) is 8. The maximum absolute atomic E-state index is 12.5. The molecule has 1 N–H and O–H groups in total. The number of nitrogens with one attached hydrogen (secondary N) is 1. The molecule has 34 heavy (non-hydrogen) atoms. The van der Waals surface area contributed by atoms with Gasteiger partial charge >= 0.3 is 0 Å². The van der Waals surface area contributed by atoms with Crippen LogP contribution in [0.3, 0.4) is 0 Å². The molecule has 0 unspecified atom stereocenters. The molecular weight excluding hydrogens is 452 g/mol. The van der Waals surface area contributed by atoms with Crippen molar-refractivity contribution in [3.8, 4) is 23.3 Å². The number of carbonyl (C=O) groups excluding carboxylic acids is 1. The van der Waals surface area contributed by atoms with Crippen molar-refractivity contribution >= 4 is 28.5 Å². The minimum absolute atomic E-state index is 0.0661. The highest BCUT2D eigenvalue weighted by molar-refractivity contribution is 7.15. The Morgan fingerprint density at radius 1 is 1.15 bits per heavy atom. The summed E-state index contributed by atoms with van der Waals surface area (Å²) in [5, 5.41) is 21.3. The zero-order valence-corrected chi connectivity index (χ0v) is 20.3. The van der Waals surface area contributed by atoms with E-state index in [1.165, 1.54) is 24.5 Å². The highest BCUT2D eigenvalue weighted by Gasteiger charge is 2.15. The number of carbonyl (C=O) groups is 1. The number of ether oxygens (including phenoxy) is 3. The van der Waals surface area contributed by atoms with Crippen LogP contribution >= 0.6 is 11.3 Å². The van der Waals surface area contributed by atoms with Crippen LogP contribution in [0, 0.1) is 18.3 Å². The Bertz CT molecular complexity index is 1210. The van der Waals surface area contributed by atoms with E-state index in [9.17, 15) is 10.1 Å². The molecule has 0 aliphatic heterocycles. The van der Waals surface area contributed by atoms with Crippen LogP contribution in [-0.4, -0.2) is 36.4 Å². The van der Waals surface area contributed by atoms with Gasteiger partial charge in [0.2, 0.25) is 5.13 Å². The van der Waals surface area contributed by atoms with Crippen LogP contribution in [0.4, 0.5) is 5.13 Å². The molecule has 0 aliphatic carbocycles. The van der Waals surface area contributed by atoms with Gasteiger partial charge < -0.3 is 14.2 Å². The predicted molar refractivity (Wildman–Crippen MR) is 131 cm³/mol. The van der Waals surface area contributed by atoms with Gasteiger partial charge in [-0.3, -0.25) is 10.1 Å². The van der Waals surface area contributed by atoms with Crippen LogP contribution in [-0.2, 0) is 4.79 Å². The van der Waals surface area contributed by atoms with E-state index in [4.69, 9.17) is 14.2 Å². The first-order valence-corrected chi connectivity index (χ1v) is 11.5. The number of methoxy groups -OCH3 is 1. The molecule has 1 aromatic heterocycles. The molecule has 0 aliphatic rings. The predicted octanol–water partition coefficient (Wildman–Crippen LogP) is 4.98. The van der Waals surface area contributed by atoms with Crippen molar-refractivity contribution in [2.24, 2.45) is 0 Å². The number of amides is 1. The van der Waals surface area contributed by atoms with Gasteiger partial charge in [0.05, 0.1) is 7.11 Å². The first kappa shape index (κ1) is 24.7. The minimum Gasteiger partial charge on any atom is -0.493 e. The maximum atomic E-state index is 12.5. The third-order valence-electron chi connectivity index (χ3n) is 4.62. The molecule has 1 heterocycles. The van der Waals surface area contributed by atoms with Gasteiger partial charge in [-0.25, -0.2) is 0 Å². The number of aryl methyl sites for hydroxylation is 1. The highest BCUT2D eigenvalue weighted by atomic mass is 32.1. The average Bonchev–Trinajstić information content (AvgIpc) is 3.29. The van der Waals surface area contributed by atoms with Gasteiger partial charge in [0.1, 0.15) is 35.6 Å². The Morgan fingerprint density at radius 2 is 1.94 bits per heavy atom. The van der Waals surface area contributed by atoms with Crippen LogP contribution < -0.4 is 19.5 Å². The van der Waals surface area contributed by atoms with E-state index in [-0.39, 0.29) is 11.5 Å². The van der Waals surface area contributed by atoms with Crippen molar-refractivity contribution < 1.29 is 19.0 Å². The van der Waals surface area contributed by atoms with E-state index in [2.05, 4.69) is 15.5 Å². The smallest absolute Gasteiger partial charge is 0.268 e. The van der Waals surface area contributed by atoms with E-state index in [0.29, 0.717) is 35.4 Å². The van der Waals surface area contributed by atoms with Gasteiger partial charge in [0.25, 0.3) is 5.91 Å². The lowest BCUT2D eigenvalue weighted by molar-refractivity contribution is -0.112. The van der Waals surface area contributed by atoms with E-state index in [0.717, 1.165) is 16.3 Å². The summed E-state index contributed by atoms with van der Waals surface area (Å²) < 4.78 is 16.9. The monoisotopic (exact) mass is 478 g/mol. The summed E-state index contributed by atoms with van der Waals surface area (Å²) in [6, 6.07) is 14.9. The molecule has 0 spiro atoms. The molecule has 0 saturated heterocycles. The fourth-order valence-electron chi connectivity index (χ4n) is 2.91. The van der Waals surface area contributed by atoms with Crippen LogP contribution in [0.1, 0.15) is 35.9 Å². The molecule has 0 bridgehead atoms. The largest absolute Gasteiger partial charge is 0.493 e.